The van der Waals surface area contributed by atoms with Crippen LogP contribution in [0.3, 0.4) is 0 Å². The van der Waals surface area contributed by atoms with Crippen molar-refractivity contribution in [2.75, 3.05) is 0 Å². The minimum Gasteiger partial charge on any atom is -0.489 e. The zero-order valence-electron chi connectivity index (χ0n) is 28.5. The van der Waals surface area contributed by atoms with E-state index in [1.54, 1.807) is 32.9 Å². The third-order valence-electron chi connectivity index (χ3n) is 14.5. The van der Waals surface area contributed by atoms with Gasteiger partial charge in [0, 0.05) is 30.1 Å². The molecule has 7 rings (SSSR count). The van der Waals surface area contributed by atoms with E-state index in [4.69, 9.17) is 18.9 Å². The van der Waals surface area contributed by atoms with Crippen LogP contribution in [0, 0.1) is 32.5 Å². The molecule has 1 aromatic carbocycles. The number of benzene rings is 1. The molecule has 4 fully saturated rings. The molecule has 9 nitrogen and oxygen atoms in total. The van der Waals surface area contributed by atoms with Gasteiger partial charge in [-0.1, -0.05) is 41.5 Å². The number of fused-ring (bicyclic) bond motifs is 7. The Kier molecular flexibility index (Phi) is 6.15. The molecule has 0 aromatic heterocycles. The number of carbonyl (C=O) groups excluding carboxylic acids is 5. The highest BCUT2D eigenvalue weighted by molar-refractivity contribution is 6.01. The zero-order valence-corrected chi connectivity index (χ0v) is 28.5. The summed E-state index contributed by atoms with van der Waals surface area (Å²) in [6.07, 6.45) is -0.216. The predicted molar refractivity (Wildman–Crippen MR) is 165 cm³/mol. The fourth-order valence-electron chi connectivity index (χ4n) is 10.2. The fraction of sp³-hybridized carbons (Fsp3) is 0.703. The molecule has 4 aliphatic carbocycles. The molecule has 46 heavy (non-hydrogen) atoms. The largest absolute Gasteiger partial charge is 0.489 e. The van der Waals surface area contributed by atoms with Gasteiger partial charge in [-0.05, 0) is 69.4 Å². The van der Waals surface area contributed by atoms with Crippen LogP contribution in [0.5, 0.6) is 11.5 Å². The maximum Gasteiger partial charge on any atom is 0.313 e. The van der Waals surface area contributed by atoms with Gasteiger partial charge in [0.2, 0.25) is 0 Å². The number of rotatable bonds is 4. The number of esters is 2. The molecule has 4 saturated carbocycles. The molecule has 7 atom stereocenters. The lowest BCUT2D eigenvalue weighted by atomic mass is 9.65. The van der Waals surface area contributed by atoms with Crippen molar-refractivity contribution in [1.82, 2.24) is 0 Å². The Balaban J connectivity index is 1.34. The first-order chi connectivity index (χ1) is 21.2. The maximum absolute atomic E-state index is 14.6. The lowest BCUT2D eigenvalue weighted by Gasteiger charge is -2.47. The third-order valence-corrected chi connectivity index (χ3v) is 14.5. The van der Waals surface area contributed by atoms with Crippen molar-refractivity contribution in [3.05, 3.63) is 23.3 Å². The standard InChI is InChI=1S/C37H46O9/c1-19-16-21(38)20-10-11-22-25(26(20)43-19)27(44-29(41)36-14-12-34(8,23(39)17-36)32(36,4)5)28(31(2,3)46-22)45-30(42)37-15-13-35(9,24(40)18-37)33(37,6)7/h10-11,19,27-28H,12-18H2,1-9H3/t19?,27-,28-,34?,35?,36?,37?/m1/s1. The molecule has 2 aliphatic heterocycles. The first kappa shape index (κ1) is 31.4. The highest BCUT2D eigenvalue weighted by atomic mass is 16.6. The predicted octanol–water partition coefficient (Wildman–Crippen LogP) is 6.28. The molecule has 0 spiro atoms. The average Bonchev–Trinajstić information content (AvgIpc) is 3.42. The second kappa shape index (κ2) is 9.01. The summed E-state index contributed by atoms with van der Waals surface area (Å²) in [4.78, 5) is 68.8. The molecule has 9 heteroatoms. The van der Waals surface area contributed by atoms with E-state index in [1.165, 1.54) is 0 Å². The zero-order chi connectivity index (χ0) is 33.6. The van der Waals surface area contributed by atoms with E-state index in [-0.39, 0.29) is 42.4 Å². The Bertz CT molecular complexity index is 1630. The van der Waals surface area contributed by atoms with E-state index in [0.717, 1.165) is 0 Å². The van der Waals surface area contributed by atoms with Crippen LogP contribution in [-0.4, -0.2) is 47.1 Å². The molecular weight excluding hydrogens is 588 g/mol. The number of hydrogen-bond acceptors (Lipinski definition) is 9. The van der Waals surface area contributed by atoms with Gasteiger partial charge in [0.15, 0.2) is 18.0 Å². The van der Waals surface area contributed by atoms with Gasteiger partial charge in [-0.15, -0.1) is 0 Å². The molecule has 6 aliphatic rings. The van der Waals surface area contributed by atoms with E-state index < -0.39 is 68.3 Å². The smallest absolute Gasteiger partial charge is 0.313 e. The Morgan fingerprint density at radius 1 is 0.761 bits per heavy atom. The van der Waals surface area contributed by atoms with Crippen LogP contribution in [0.1, 0.15) is 129 Å². The van der Waals surface area contributed by atoms with E-state index in [1.807, 2.05) is 41.5 Å². The third kappa shape index (κ3) is 3.45. The first-order valence-corrected chi connectivity index (χ1v) is 16.7. The monoisotopic (exact) mass is 634 g/mol. The van der Waals surface area contributed by atoms with E-state index in [0.29, 0.717) is 42.6 Å². The molecule has 248 valence electrons. The van der Waals surface area contributed by atoms with E-state index >= 15 is 0 Å². The van der Waals surface area contributed by atoms with Crippen LogP contribution in [0.4, 0.5) is 0 Å². The second-order valence-electron chi connectivity index (χ2n) is 17.0. The van der Waals surface area contributed by atoms with Crippen molar-refractivity contribution >= 4 is 29.3 Å². The van der Waals surface area contributed by atoms with Gasteiger partial charge >= 0.3 is 11.9 Å². The second-order valence-corrected chi connectivity index (χ2v) is 17.0. The summed E-state index contributed by atoms with van der Waals surface area (Å²) in [5, 5.41) is 0. The van der Waals surface area contributed by atoms with Crippen LogP contribution in [0.25, 0.3) is 0 Å². The number of ether oxygens (including phenoxy) is 4. The van der Waals surface area contributed by atoms with Crippen LogP contribution in [0.15, 0.2) is 12.1 Å². The summed E-state index contributed by atoms with van der Waals surface area (Å²) in [6.45, 7) is 17.1. The molecule has 5 unspecified atom stereocenters. The lowest BCUT2D eigenvalue weighted by Crippen LogP contribution is -2.55. The number of carbonyl (C=O) groups is 5. The van der Waals surface area contributed by atoms with Gasteiger partial charge in [0.1, 0.15) is 34.8 Å². The van der Waals surface area contributed by atoms with Crippen molar-refractivity contribution in [2.45, 2.75) is 131 Å². The molecular formula is C37H46O9. The van der Waals surface area contributed by atoms with Crippen LogP contribution in [0.2, 0.25) is 0 Å². The summed E-state index contributed by atoms with van der Waals surface area (Å²) in [6, 6.07) is 3.34. The summed E-state index contributed by atoms with van der Waals surface area (Å²) < 4.78 is 25.8. The van der Waals surface area contributed by atoms with Gasteiger partial charge in [-0.2, -0.15) is 0 Å². The van der Waals surface area contributed by atoms with Crippen molar-refractivity contribution in [3.8, 4) is 11.5 Å². The topological polar surface area (TPSA) is 122 Å². The molecule has 0 N–H and O–H groups in total. The molecule has 0 saturated heterocycles. The Morgan fingerprint density at radius 2 is 1.28 bits per heavy atom. The summed E-state index contributed by atoms with van der Waals surface area (Å²) in [5.74, 6) is -0.423. The van der Waals surface area contributed by atoms with Crippen molar-refractivity contribution in [3.63, 3.8) is 0 Å². The average molecular weight is 635 g/mol. The molecule has 1 aromatic rings. The molecule has 0 radical (unpaired) electrons. The van der Waals surface area contributed by atoms with Crippen LogP contribution in [-0.2, 0) is 28.7 Å². The Morgan fingerprint density at radius 3 is 1.76 bits per heavy atom. The fourth-order valence-corrected chi connectivity index (χ4v) is 10.2. The van der Waals surface area contributed by atoms with Crippen molar-refractivity contribution in [1.29, 1.82) is 0 Å². The SMILES string of the molecule is CC1CC(=O)c2ccc3c(c2O1)[C@@H](OC(=O)C12CCC(C)(C(=O)C1)C2(C)C)[C@@H](OC(=O)C12CCC(C)(C(=O)C1)C2(C)C)C(C)(C)O3. The van der Waals surface area contributed by atoms with E-state index in [9.17, 15) is 24.0 Å². The van der Waals surface area contributed by atoms with Gasteiger partial charge < -0.3 is 18.9 Å². The summed E-state index contributed by atoms with van der Waals surface area (Å²) in [5.41, 5.74) is -5.18. The van der Waals surface area contributed by atoms with Gasteiger partial charge in [-0.25, -0.2) is 0 Å². The van der Waals surface area contributed by atoms with Crippen molar-refractivity contribution in [2.24, 2.45) is 32.5 Å². The summed E-state index contributed by atoms with van der Waals surface area (Å²) >= 11 is 0. The quantitative estimate of drug-likeness (QED) is 0.352. The van der Waals surface area contributed by atoms with Gasteiger partial charge in [0.25, 0.3) is 0 Å². The summed E-state index contributed by atoms with van der Waals surface area (Å²) in [7, 11) is 0. The van der Waals surface area contributed by atoms with Crippen LogP contribution >= 0.6 is 0 Å². The van der Waals surface area contributed by atoms with Gasteiger partial charge in [0.05, 0.1) is 22.0 Å². The molecule has 2 heterocycles. The minimum absolute atomic E-state index is 0.0491. The first-order valence-electron chi connectivity index (χ1n) is 16.7. The molecule has 0 amide bonds. The number of ketones is 3. The highest BCUT2D eigenvalue weighted by Crippen LogP contribution is 2.72. The normalized spacial score (nSPS) is 40.5. The minimum atomic E-state index is -1.19. The lowest BCUT2D eigenvalue weighted by molar-refractivity contribution is -0.207. The number of hydrogen-bond donors (Lipinski definition) is 0. The highest BCUT2D eigenvalue weighted by Gasteiger charge is 2.75. The Hall–Kier alpha value is -3.23. The Labute approximate surface area is 270 Å². The van der Waals surface area contributed by atoms with Crippen LogP contribution < -0.4 is 9.47 Å². The van der Waals surface area contributed by atoms with E-state index in [2.05, 4.69) is 0 Å². The number of Topliss-reactive ketones (excluding diaryl/α,β-unsaturated/α-hetero) is 3. The molecule has 4 bridgehead atoms. The van der Waals surface area contributed by atoms with Crippen molar-refractivity contribution < 1.29 is 42.9 Å². The van der Waals surface area contributed by atoms with Gasteiger partial charge in [-0.3, -0.25) is 24.0 Å². The maximum atomic E-state index is 14.6.